The van der Waals surface area contributed by atoms with Crippen molar-refractivity contribution in [2.75, 3.05) is 13.2 Å². The number of rotatable bonds is 7. The number of nitrogens with one attached hydrogen (secondary N) is 1. The van der Waals surface area contributed by atoms with Gasteiger partial charge in [-0.15, -0.1) is 0 Å². The molecule has 0 fully saturated rings. The second-order valence-electron chi connectivity index (χ2n) is 5.03. The molecule has 116 valence electrons. The summed E-state index contributed by atoms with van der Waals surface area (Å²) in [5.41, 5.74) is 1.10. The SMILES string of the molecule is Cc1cccc(O[C@H](C)C(=O)NCCOc2ccccc2)c1. The molecule has 22 heavy (non-hydrogen) atoms. The first-order valence-corrected chi connectivity index (χ1v) is 7.34. The van der Waals surface area contributed by atoms with Gasteiger partial charge < -0.3 is 14.8 Å². The molecule has 0 aliphatic carbocycles. The van der Waals surface area contributed by atoms with E-state index in [4.69, 9.17) is 9.47 Å². The summed E-state index contributed by atoms with van der Waals surface area (Å²) < 4.78 is 11.1. The molecule has 2 aromatic carbocycles. The molecule has 0 saturated carbocycles. The van der Waals surface area contributed by atoms with E-state index in [-0.39, 0.29) is 5.91 Å². The van der Waals surface area contributed by atoms with Crippen molar-refractivity contribution in [2.45, 2.75) is 20.0 Å². The molecule has 0 radical (unpaired) electrons. The Hall–Kier alpha value is -2.49. The molecule has 1 amide bonds. The molecule has 0 bridgehead atoms. The number of para-hydroxylation sites is 1. The highest BCUT2D eigenvalue weighted by Crippen LogP contribution is 2.14. The quantitative estimate of drug-likeness (QED) is 0.800. The van der Waals surface area contributed by atoms with Gasteiger partial charge in [-0.1, -0.05) is 30.3 Å². The molecular formula is C18H21NO3. The molecular weight excluding hydrogens is 278 g/mol. The maximum atomic E-state index is 12.0. The van der Waals surface area contributed by atoms with Crippen molar-refractivity contribution in [1.29, 1.82) is 0 Å². The average Bonchev–Trinajstić information content (AvgIpc) is 2.52. The summed E-state index contributed by atoms with van der Waals surface area (Å²) in [4.78, 5) is 12.0. The summed E-state index contributed by atoms with van der Waals surface area (Å²) in [5, 5.41) is 2.80. The molecule has 1 N–H and O–H groups in total. The van der Waals surface area contributed by atoms with Crippen LogP contribution in [0.1, 0.15) is 12.5 Å². The Bertz CT molecular complexity index is 598. The predicted octanol–water partition coefficient (Wildman–Crippen LogP) is 2.96. The second kappa shape index (κ2) is 8.08. The van der Waals surface area contributed by atoms with Gasteiger partial charge in [0.2, 0.25) is 0 Å². The van der Waals surface area contributed by atoms with E-state index >= 15 is 0 Å². The lowest BCUT2D eigenvalue weighted by atomic mass is 10.2. The van der Waals surface area contributed by atoms with Crippen molar-refractivity contribution >= 4 is 5.91 Å². The molecule has 0 aromatic heterocycles. The Balaban J connectivity index is 1.70. The largest absolute Gasteiger partial charge is 0.492 e. The molecule has 2 rings (SSSR count). The first-order valence-electron chi connectivity index (χ1n) is 7.34. The van der Waals surface area contributed by atoms with Crippen LogP contribution in [0.4, 0.5) is 0 Å². The van der Waals surface area contributed by atoms with Gasteiger partial charge in [-0.25, -0.2) is 0 Å². The fourth-order valence-corrected chi connectivity index (χ4v) is 1.95. The highest BCUT2D eigenvalue weighted by molar-refractivity contribution is 5.80. The van der Waals surface area contributed by atoms with Crippen molar-refractivity contribution in [3.8, 4) is 11.5 Å². The van der Waals surface area contributed by atoms with Crippen LogP contribution in [0.2, 0.25) is 0 Å². The molecule has 0 unspecified atom stereocenters. The number of benzene rings is 2. The zero-order chi connectivity index (χ0) is 15.8. The number of amides is 1. The standard InChI is InChI=1S/C18H21NO3/c1-14-7-6-10-17(13-14)22-15(2)18(20)19-11-12-21-16-8-4-3-5-9-16/h3-10,13,15H,11-12H2,1-2H3,(H,19,20)/t15-/m1/s1. The Morgan fingerprint density at radius 2 is 1.82 bits per heavy atom. The van der Waals surface area contributed by atoms with Crippen molar-refractivity contribution in [3.05, 3.63) is 60.2 Å². The molecule has 0 spiro atoms. The Labute approximate surface area is 131 Å². The third-order valence-electron chi connectivity index (χ3n) is 3.08. The third-order valence-corrected chi connectivity index (χ3v) is 3.08. The van der Waals surface area contributed by atoms with E-state index < -0.39 is 6.10 Å². The van der Waals surface area contributed by atoms with Crippen LogP contribution in [-0.2, 0) is 4.79 Å². The lowest BCUT2D eigenvalue weighted by Crippen LogP contribution is -2.38. The van der Waals surface area contributed by atoms with Gasteiger partial charge in [0.1, 0.15) is 18.1 Å². The molecule has 0 heterocycles. The van der Waals surface area contributed by atoms with Crippen LogP contribution < -0.4 is 14.8 Å². The highest BCUT2D eigenvalue weighted by atomic mass is 16.5. The second-order valence-corrected chi connectivity index (χ2v) is 5.03. The van der Waals surface area contributed by atoms with E-state index in [1.807, 2.05) is 61.5 Å². The summed E-state index contributed by atoms with van der Waals surface area (Å²) >= 11 is 0. The summed E-state index contributed by atoms with van der Waals surface area (Å²) in [6.45, 7) is 4.58. The van der Waals surface area contributed by atoms with E-state index in [1.54, 1.807) is 6.92 Å². The van der Waals surface area contributed by atoms with Crippen LogP contribution in [0.25, 0.3) is 0 Å². The summed E-state index contributed by atoms with van der Waals surface area (Å²) in [6.07, 6.45) is -0.543. The maximum absolute atomic E-state index is 12.0. The van der Waals surface area contributed by atoms with Gasteiger partial charge in [0.15, 0.2) is 6.10 Å². The Morgan fingerprint density at radius 3 is 2.55 bits per heavy atom. The molecule has 0 aliphatic rings. The topological polar surface area (TPSA) is 47.6 Å². The molecule has 0 saturated heterocycles. The number of ether oxygens (including phenoxy) is 2. The normalized spacial score (nSPS) is 11.5. The van der Waals surface area contributed by atoms with Crippen LogP contribution in [-0.4, -0.2) is 25.2 Å². The predicted molar refractivity (Wildman–Crippen MR) is 86.2 cm³/mol. The number of hydrogen-bond acceptors (Lipinski definition) is 3. The average molecular weight is 299 g/mol. The zero-order valence-electron chi connectivity index (χ0n) is 12.9. The van der Waals surface area contributed by atoms with Crippen LogP contribution in [0, 0.1) is 6.92 Å². The minimum absolute atomic E-state index is 0.154. The van der Waals surface area contributed by atoms with Crippen molar-refractivity contribution in [1.82, 2.24) is 5.32 Å². The number of aryl methyl sites for hydroxylation is 1. The maximum Gasteiger partial charge on any atom is 0.260 e. The fourth-order valence-electron chi connectivity index (χ4n) is 1.95. The molecule has 2 aromatic rings. The molecule has 4 nitrogen and oxygen atoms in total. The lowest BCUT2D eigenvalue weighted by molar-refractivity contribution is -0.127. The van der Waals surface area contributed by atoms with Crippen LogP contribution in [0.3, 0.4) is 0 Å². The van der Waals surface area contributed by atoms with Gasteiger partial charge in [-0.3, -0.25) is 4.79 Å². The first-order chi connectivity index (χ1) is 10.6. The van der Waals surface area contributed by atoms with Gasteiger partial charge in [0, 0.05) is 0 Å². The summed E-state index contributed by atoms with van der Waals surface area (Å²) in [7, 11) is 0. The zero-order valence-corrected chi connectivity index (χ0v) is 12.9. The van der Waals surface area contributed by atoms with E-state index in [0.717, 1.165) is 11.3 Å². The van der Waals surface area contributed by atoms with Crippen molar-refractivity contribution in [3.63, 3.8) is 0 Å². The number of carbonyl (C=O) groups excluding carboxylic acids is 1. The molecule has 1 atom stereocenters. The van der Waals surface area contributed by atoms with Gasteiger partial charge >= 0.3 is 0 Å². The lowest BCUT2D eigenvalue weighted by Gasteiger charge is -2.15. The first kappa shape index (κ1) is 15.9. The monoisotopic (exact) mass is 299 g/mol. The fraction of sp³-hybridized carbons (Fsp3) is 0.278. The number of hydrogen-bond donors (Lipinski definition) is 1. The minimum Gasteiger partial charge on any atom is -0.492 e. The van der Waals surface area contributed by atoms with Crippen LogP contribution >= 0.6 is 0 Å². The van der Waals surface area contributed by atoms with Crippen LogP contribution in [0.5, 0.6) is 11.5 Å². The summed E-state index contributed by atoms with van der Waals surface area (Å²) in [6, 6.07) is 17.1. The Morgan fingerprint density at radius 1 is 1.09 bits per heavy atom. The number of carbonyl (C=O) groups is 1. The van der Waals surface area contributed by atoms with E-state index in [2.05, 4.69) is 5.32 Å². The Kier molecular flexibility index (Phi) is 5.83. The summed E-state index contributed by atoms with van der Waals surface area (Å²) in [5.74, 6) is 1.34. The molecule has 4 heteroatoms. The van der Waals surface area contributed by atoms with Gasteiger partial charge in [-0.05, 0) is 43.7 Å². The third kappa shape index (κ3) is 5.13. The van der Waals surface area contributed by atoms with Crippen LogP contribution in [0.15, 0.2) is 54.6 Å². The van der Waals surface area contributed by atoms with Crippen molar-refractivity contribution in [2.24, 2.45) is 0 Å². The van der Waals surface area contributed by atoms with E-state index in [9.17, 15) is 4.79 Å². The van der Waals surface area contributed by atoms with Gasteiger partial charge in [-0.2, -0.15) is 0 Å². The van der Waals surface area contributed by atoms with Crippen molar-refractivity contribution < 1.29 is 14.3 Å². The van der Waals surface area contributed by atoms with Gasteiger partial charge in [0.05, 0.1) is 6.54 Å². The van der Waals surface area contributed by atoms with E-state index in [0.29, 0.717) is 18.9 Å². The minimum atomic E-state index is -0.543. The smallest absolute Gasteiger partial charge is 0.260 e. The van der Waals surface area contributed by atoms with E-state index in [1.165, 1.54) is 0 Å². The molecule has 0 aliphatic heterocycles. The highest BCUT2D eigenvalue weighted by Gasteiger charge is 2.13. The van der Waals surface area contributed by atoms with Gasteiger partial charge in [0.25, 0.3) is 5.91 Å².